The fourth-order valence-electron chi connectivity index (χ4n) is 3.81. The molecule has 2 aliphatic heterocycles. The molecule has 3 aromatic carbocycles. The third-order valence-electron chi connectivity index (χ3n) is 5.41. The van der Waals surface area contributed by atoms with Gasteiger partial charge in [-0.15, -0.1) is 0 Å². The molecule has 0 spiro atoms. The van der Waals surface area contributed by atoms with Gasteiger partial charge in [-0.2, -0.15) is 4.31 Å². The molecule has 0 atom stereocenters. The highest BCUT2D eigenvalue weighted by atomic mass is 35.5. The summed E-state index contributed by atoms with van der Waals surface area (Å²) in [6.07, 6.45) is 0. The van der Waals surface area contributed by atoms with Crippen LogP contribution in [0, 0.1) is 0 Å². The maximum absolute atomic E-state index is 13.8. The first-order valence-electron chi connectivity index (χ1n) is 10.0. The van der Waals surface area contributed by atoms with Crippen molar-refractivity contribution in [3.8, 4) is 0 Å². The standard InChI is InChI=1S/C23H19ClN2O4S2/c24-18-10-9-16(32(28,29)25-11-13-30-14-12-25)15-17(18)23(27)26-19-5-1-3-7-21(19)31-22-8-4-2-6-20(22)26/h1-10,15H,11-14H2. The van der Waals surface area contributed by atoms with Crippen LogP contribution in [0.25, 0.3) is 0 Å². The predicted octanol–water partition coefficient (Wildman–Crippen LogP) is 4.80. The number of carbonyl (C=O) groups is 1. The van der Waals surface area contributed by atoms with Crippen LogP contribution >= 0.6 is 23.4 Å². The molecular formula is C23H19ClN2O4S2. The van der Waals surface area contributed by atoms with E-state index in [-0.39, 0.29) is 34.5 Å². The number of hydrogen-bond donors (Lipinski definition) is 0. The quantitative estimate of drug-likeness (QED) is 0.531. The van der Waals surface area contributed by atoms with Crippen molar-refractivity contribution in [1.29, 1.82) is 0 Å². The minimum Gasteiger partial charge on any atom is -0.379 e. The Kier molecular flexibility index (Phi) is 5.73. The number of benzene rings is 3. The Balaban J connectivity index is 1.59. The fraction of sp³-hybridized carbons (Fsp3) is 0.174. The van der Waals surface area contributed by atoms with Gasteiger partial charge in [-0.1, -0.05) is 47.6 Å². The molecule has 1 amide bonds. The summed E-state index contributed by atoms with van der Waals surface area (Å²) in [4.78, 5) is 17.3. The number of rotatable bonds is 3. The number of fused-ring (bicyclic) bond motifs is 2. The Morgan fingerprint density at radius 2 is 1.50 bits per heavy atom. The topological polar surface area (TPSA) is 66.9 Å². The molecular weight excluding hydrogens is 468 g/mol. The van der Waals surface area contributed by atoms with Crippen LogP contribution in [0.15, 0.2) is 81.4 Å². The number of sulfonamides is 1. The number of nitrogens with zero attached hydrogens (tertiary/aromatic N) is 2. The number of anilines is 2. The van der Waals surface area contributed by atoms with E-state index in [0.29, 0.717) is 13.2 Å². The third kappa shape index (κ3) is 3.72. The lowest BCUT2D eigenvalue weighted by Crippen LogP contribution is -2.40. The molecule has 2 aliphatic rings. The number of para-hydroxylation sites is 2. The van der Waals surface area contributed by atoms with Gasteiger partial charge in [0.05, 0.1) is 40.1 Å². The molecule has 0 radical (unpaired) electrons. The molecule has 9 heteroatoms. The lowest BCUT2D eigenvalue weighted by molar-refractivity contribution is 0.0730. The average molecular weight is 487 g/mol. The van der Waals surface area contributed by atoms with Gasteiger partial charge < -0.3 is 4.74 Å². The maximum Gasteiger partial charge on any atom is 0.264 e. The van der Waals surface area contributed by atoms with E-state index in [0.717, 1.165) is 21.2 Å². The van der Waals surface area contributed by atoms with Crippen LogP contribution in [0.2, 0.25) is 5.02 Å². The molecule has 0 unspecified atom stereocenters. The van der Waals surface area contributed by atoms with Crippen molar-refractivity contribution in [2.45, 2.75) is 14.7 Å². The zero-order valence-corrected chi connectivity index (χ0v) is 19.3. The van der Waals surface area contributed by atoms with Crippen molar-refractivity contribution in [2.24, 2.45) is 0 Å². The zero-order valence-electron chi connectivity index (χ0n) is 16.9. The summed E-state index contributed by atoms with van der Waals surface area (Å²) in [5.74, 6) is -0.380. The molecule has 0 bridgehead atoms. The number of hydrogen-bond acceptors (Lipinski definition) is 5. The van der Waals surface area contributed by atoms with E-state index < -0.39 is 10.0 Å². The molecule has 32 heavy (non-hydrogen) atoms. The van der Waals surface area contributed by atoms with E-state index in [4.69, 9.17) is 16.3 Å². The Hall–Kier alpha value is -2.36. The van der Waals surface area contributed by atoms with E-state index >= 15 is 0 Å². The molecule has 5 rings (SSSR count). The van der Waals surface area contributed by atoms with Crippen molar-refractivity contribution in [2.75, 3.05) is 31.2 Å². The number of ether oxygens (including phenoxy) is 1. The molecule has 6 nitrogen and oxygen atoms in total. The van der Waals surface area contributed by atoms with Gasteiger partial charge in [0.15, 0.2) is 0 Å². The normalized spacial score (nSPS) is 16.3. The monoisotopic (exact) mass is 486 g/mol. The largest absolute Gasteiger partial charge is 0.379 e. The second-order valence-electron chi connectivity index (χ2n) is 7.34. The van der Waals surface area contributed by atoms with Crippen LogP contribution in [0.1, 0.15) is 10.4 Å². The highest BCUT2D eigenvalue weighted by Gasteiger charge is 2.32. The summed E-state index contributed by atoms with van der Waals surface area (Å²) >= 11 is 8.01. The van der Waals surface area contributed by atoms with Crippen LogP contribution in [-0.2, 0) is 14.8 Å². The summed E-state index contributed by atoms with van der Waals surface area (Å²) < 4.78 is 32.9. The molecule has 1 saturated heterocycles. The molecule has 1 fully saturated rings. The zero-order chi connectivity index (χ0) is 22.3. The summed E-state index contributed by atoms with van der Waals surface area (Å²) in [6, 6.07) is 19.5. The summed E-state index contributed by atoms with van der Waals surface area (Å²) in [5.41, 5.74) is 1.61. The van der Waals surface area contributed by atoms with E-state index in [1.165, 1.54) is 22.5 Å². The second kappa shape index (κ2) is 8.53. The van der Waals surface area contributed by atoms with Crippen molar-refractivity contribution in [1.82, 2.24) is 4.31 Å². The first-order valence-corrected chi connectivity index (χ1v) is 12.7. The SMILES string of the molecule is O=C(c1cc(S(=O)(=O)N2CCOCC2)ccc1Cl)N1c2ccccc2Sc2ccccc21. The lowest BCUT2D eigenvalue weighted by atomic mass is 10.1. The fourth-order valence-corrected chi connectivity index (χ4v) is 6.50. The summed E-state index contributed by atoms with van der Waals surface area (Å²) in [5, 5.41) is 0.198. The summed E-state index contributed by atoms with van der Waals surface area (Å²) in [6.45, 7) is 1.24. The molecule has 0 aliphatic carbocycles. The minimum absolute atomic E-state index is 0.0418. The second-order valence-corrected chi connectivity index (χ2v) is 10.8. The Morgan fingerprint density at radius 1 is 0.906 bits per heavy atom. The smallest absolute Gasteiger partial charge is 0.264 e. The summed E-state index contributed by atoms with van der Waals surface area (Å²) in [7, 11) is -3.77. The van der Waals surface area contributed by atoms with Crippen LogP contribution < -0.4 is 4.90 Å². The Morgan fingerprint density at radius 3 is 2.12 bits per heavy atom. The van der Waals surface area contributed by atoms with Gasteiger partial charge >= 0.3 is 0 Å². The van der Waals surface area contributed by atoms with Crippen LogP contribution in [-0.4, -0.2) is 44.9 Å². The molecule has 3 aromatic rings. The van der Waals surface area contributed by atoms with Gasteiger partial charge in [0, 0.05) is 22.9 Å². The third-order valence-corrected chi connectivity index (χ3v) is 8.77. The van der Waals surface area contributed by atoms with Gasteiger partial charge in [0.1, 0.15) is 0 Å². The highest BCUT2D eigenvalue weighted by molar-refractivity contribution is 7.99. The van der Waals surface area contributed by atoms with Crippen LogP contribution in [0.4, 0.5) is 11.4 Å². The van der Waals surface area contributed by atoms with Gasteiger partial charge in [-0.3, -0.25) is 9.69 Å². The van der Waals surface area contributed by atoms with Crippen molar-refractivity contribution < 1.29 is 17.9 Å². The predicted molar refractivity (Wildman–Crippen MR) is 125 cm³/mol. The van der Waals surface area contributed by atoms with Gasteiger partial charge in [-0.05, 0) is 42.5 Å². The Bertz CT molecular complexity index is 1260. The number of morpholine rings is 1. The number of amides is 1. The maximum atomic E-state index is 13.8. The molecule has 2 heterocycles. The molecule has 0 N–H and O–H groups in total. The molecule has 164 valence electrons. The molecule has 0 saturated carbocycles. The van der Waals surface area contributed by atoms with Crippen molar-refractivity contribution >= 4 is 50.7 Å². The van der Waals surface area contributed by atoms with Crippen LogP contribution in [0.3, 0.4) is 0 Å². The minimum atomic E-state index is -3.77. The van der Waals surface area contributed by atoms with Gasteiger partial charge in [-0.25, -0.2) is 8.42 Å². The highest BCUT2D eigenvalue weighted by Crippen LogP contribution is 2.48. The average Bonchev–Trinajstić information content (AvgIpc) is 2.83. The van der Waals surface area contributed by atoms with E-state index in [1.54, 1.807) is 16.7 Å². The lowest BCUT2D eigenvalue weighted by Gasteiger charge is -2.31. The van der Waals surface area contributed by atoms with E-state index in [9.17, 15) is 13.2 Å². The number of carbonyl (C=O) groups excluding carboxylic acids is 1. The first kappa shape index (κ1) is 21.5. The van der Waals surface area contributed by atoms with E-state index in [1.807, 2.05) is 48.5 Å². The van der Waals surface area contributed by atoms with Crippen molar-refractivity contribution in [3.63, 3.8) is 0 Å². The molecule has 0 aromatic heterocycles. The first-order chi connectivity index (χ1) is 15.5. The van der Waals surface area contributed by atoms with Crippen LogP contribution in [0.5, 0.6) is 0 Å². The van der Waals surface area contributed by atoms with Gasteiger partial charge in [0.25, 0.3) is 5.91 Å². The van der Waals surface area contributed by atoms with E-state index in [2.05, 4.69) is 0 Å². The Labute approximate surface area is 195 Å². The number of halogens is 1. The van der Waals surface area contributed by atoms with Crippen molar-refractivity contribution in [3.05, 3.63) is 77.3 Å². The van der Waals surface area contributed by atoms with Gasteiger partial charge in [0.2, 0.25) is 10.0 Å².